The van der Waals surface area contributed by atoms with Gasteiger partial charge in [-0.1, -0.05) is 20.8 Å². The molecule has 0 aromatic carbocycles. The van der Waals surface area contributed by atoms with Gasteiger partial charge in [-0.15, -0.1) is 0 Å². The van der Waals surface area contributed by atoms with Crippen LogP contribution >= 0.6 is 0 Å². The Kier molecular flexibility index (Phi) is 2.04. The first-order valence-electron chi connectivity index (χ1n) is 4.37. The Balaban J connectivity index is 2.24. The maximum absolute atomic E-state index is 6.04. The minimum Gasteiger partial charge on any atom is -0.325 e. The van der Waals surface area contributed by atoms with E-state index in [1.54, 1.807) is 0 Å². The van der Waals surface area contributed by atoms with Crippen LogP contribution in [0, 0.1) is 11.8 Å². The van der Waals surface area contributed by atoms with Crippen molar-refractivity contribution in [3.05, 3.63) is 0 Å². The summed E-state index contributed by atoms with van der Waals surface area (Å²) in [5.74, 6) is 1.65. The molecule has 0 saturated heterocycles. The SMILES string of the molecule is CCC1(N)CC1CC(C)C. The molecule has 0 radical (unpaired) electrons. The number of hydrogen-bond donors (Lipinski definition) is 1. The molecule has 60 valence electrons. The predicted molar refractivity (Wildman–Crippen MR) is 44.8 cm³/mol. The van der Waals surface area contributed by atoms with Gasteiger partial charge < -0.3 is 5.73 Å². The Bertz CT molecular complexity index is 120. The fourth-order valence-corrected chi connectivity index (χ4v) is 1.72. The fraction of sp³-hybridized carbons (Fsp3) is 1.00. The molecule has 0 aromatic rings. The normalized spacial score (nSPS) is 38.7. The molecule has 1 rings (SSSR count). The second kappa shape index (κ2) is 2.54. The molecule has 0 aromatic heterocycles. The Morgan fingerprint density at radius 3 is 2.50 bits per heavy atom. The van der Waals surface area contributed by atoms with Crippen molar-refractivity contribution < 1.29 is 0 Å². The Morgan fingerprint density at radius 2 is 2.20 bits per heavy atom. The molecule has 0 bridgehead atoms. The van der Waals surface area contributed by atoms with Gasteiger partial charge in [-0.25, -0.2) is 0 Å². The second-order valence-corrected chi connectivity index (χ2v) is 4.12. The van der Waals surface area contributed by atoms with Crippen molar-refractivity contribution >= 4 is 0 Å². The number of hydrogen-bond acceptors (Lipinski definition) is 1. The molecule has 10 heavy (non-hydrogen) atoms. The highest BCUT2D eigenvalue weighted by Gasteiger charge is 2.48. The highest BCUT2D eigenvalue weighted by Crippen LogP contribution is 2.47. The summed E-state index contributed by atoms with van der Waals surface area (Å²) in [6, 6.07) is 0. The third-order valence-corrected chi connectivity index (χ3v) is 2.69. The monoisotopic (exact) mass is 141 g/mol. The van der Waals surface area contributed by atoms with Crippen LogP contribution in [0.15, 0.2) is 0 Å². The van der Waals surface area contributed by atoms with Gasteiger partial charge in [0, 0.05) is 5.54 Å². The maximum atomic E-state index is 6.04. The minimum absolute atomic E-state index is 0.240. The van der Waals surface area contributed by atoms with Crippen LogP contribution in [0.1, 0.15) is 40.0 Å². The van der Waals surface area contributed by atoms with Crippen LogP contribution in [0.3, 0.4) is 0 Å². The van der Waals surface area contributed by atoms with Crippen LogP contribution in [-0.4, -0.2) is 5.54 Å². The third-order valence-electron chi connectivity index (χ3n) is 2.69. The molecule has 1 aliphatic carbocycles. The molecule has 0 spiro atoms. The van der Waals surface area contributed by atoms with Gasteiger partial charge in [0.2, 0.25) is 0 Å². The second-order valence-electron chi connectivity index (χ2n) is 4.12. The summed E-state index contributed by atoms with van der Waals surface area (Å²) < 4.78 is 0. The van der Waals surface area contributed by atoms with Crippen molar-refractivity contribution in [2.24, 2.45) is 17.6 Å². The molecule has 0 aliphatic heterocycles. The molecule has 1 aliphatic rings. The molecule has 2 N–H and O–H groups in total. The van der Waals surface area contributed by atoms with E-state index in [0.717, 1.165) is 18.3 Å². The zero-order chi connectivity index (χ0) is 7.78. The zero-order valence-electron chi connectivity index (χ0n) is 7.35. The molecule has 2 unspecified atom stereocenters. The van der Waals surface area contributed by atoms with Crippen LogP contribution in [0.4, 0.5) is 0 Å². The summed E-state index contributed by atoms with van der Waals surface area (Å²) in [5.41, 5.74) is 6.28. The molecule has 1 fully saturated rings. The molecule has 0 amide bonds. The van der Waals surface area contributed by atoms with Gasteiger partial charge >= 0.3 is 0 Å². The summed E-state index contributed by atoms with van der Waals surface area (Å²) in [7, 11) is 0. The van der Waals surface area contributed by atoms with E-state index < -0.39 is 0 Å². The first-order chi connectivity index (χ1) is 4.58. The lowest BCUT2D eigenvalue weighted by molar-refractivity contribution is 0.476. The Labute approximate surface area is 64.0 Å². The van der Waals surface area contributed by atoms with Gasteiger partial charge in [0.25, 0.3) is 0 Å². The third kappa shape index (κ3) is 1.51. The van der Waals surface area contributed by atoms with Crippen LogP contribution < -0.4 is 5.73 Å². The van der Waals surface area contributed by atoms with Crippen molar-refractivity contribution in [3.8, 4) is 0 Å². The van der Waals surface area contributed by atoms with Gasteiger partial charge in [-0.3, -0.25) is 0 Å². The van der Waals surface area contributed by atoms with Gasteiger partial charge in [-0.2, -0.15) is 0 Å². The number of rotatable bonds is 3. The molecule has 1 saturated carbocycles. The highest BCUT2D eigenvalue weighted by atomic mass is 14.8. The Morgan fingerprint density at radius 1 is 1.60 bits per heavy atom. The van der Waals surface area contributed by atoms with Crippen LogP contribution in [0.5, 0.6) is 0 Å². The van der Waals surface area contributed by atoms with Gasteiger partial charge in [0.1, 0.15) is 0 Å². The van der Waals surface area contributed by atoms with E-state index in [0.29, 0.717) is 0 Å². The van der Waals surface area contributed by atoms with Crippen molar-refractivity contribution in [2.45, 2.75) is 45.6 Å². The van der Waals surface area contributed by atoms with E-state index in [2.05, 4.69) is 20.8 Å². The van der Waals surface area contributed by atoms with Crippen molar-refractivity contribution in [1.29, 1.82) is 0 Å². The zero-order valence-corrected chi connectivity index (χ0v) is 7.35. The van der Waals surface area contributed by atoms with Crippen LogP contribution in [0.2, 0.25) is 0 Å². The summed E-state index contributed by atoms with van der Waals surface area (Å²) in [6.07, 6.45) is 3.75. The van der Waals surface area contributed by atoms with Crippen molar-refractivity contribution in [2.75, 3.05) is 0 Å². The van der Waals surface area contributed by atoms with Gasteiger partial charge in [0.15, 0.2) is 0 Å². The van der Waals surface area contributed by atoms with Crippen LogP contribution in [-0.2, 0) is 0 Å². The maximum Gasteiger partial charge on any atom is 0.0184 e. The van der Waals surface area contributed by atoms with E-state index in [9.17, 15) is 0 Å². The summed E-state index contributed by atoms with van der Waals surface area (Å²) >= 11 is 0. The first-order valence-corrected chi connectivity index (χ1v) is 4.37. The molecule has 0 heterocycles. The summed E-state index contributed by atoms with van der Waals surface area (Å²) in [4.78, 5) is 0. The molecular weight excluding hydrogens is 122 g/mol. The van der Waals surface area contributed by atoms with E-state index >= 15 is 0 Å². The standard InChI is InChI=1S/C9H19N/c1-4-9(10)6-8(9)5-7(2)3/h7-8H,4-6,10H2,1-3H3. The molecule has 1 heteroatoms. The van der Waals surface area contributed by atoms with E-state index in [-0.39, 0.29) is 5.54 Å². The summed E-state index contributed by atoms with van der Waals surface area (Å²) in [6.45, 7) is 6.74. The van der Waals surface area contributed by atoms with E-state index in [1.165, 1.54) is 12.8 Å². The fourth-order valence-electron chi connectivity index (χ4n) is 1.72. The lowest BCUT2D eigenvalue weighted by Crippen LogP contribution is -2.23. The van der Waals surface area contributed by atoms with Crippen LogP contribution in [0.25, 0.3) is 0 Å². The highest BCUT2D eigenvalue weighted by molar-refractivity contribution is 5.06. The smallest absolute Gasteiger partial charge is 0.0184 e. The average molecular weight is 141 g/mol. The number of nitrogens with two attached hydrogens (primary N) is 1. The molecule has 2 atom stereocenters. The minimum atomic E-state index is 0.240. The summed E-state index contributed by atoms with van der Waals surface area (Å²) in [5, 5.41) is 0. The van der Waals surface area contributed by atoms with Gasteiger partial charge in [0.05, 0.1) is 0 Å². The largest absolute Gasteiger partial charge is 0.325 e. The molecule has 1 nitrogen and oxygen atoms in total. The average Bonchev–Trinajstić information content (AvgIpc) is 2.43. The molecular formula is C9H19N. The van der Waals surface area contributed by atoms with Gasteiger partial charge in [-0.05, 0) is 31.1 Å². The quantitative estimate of drug-likeness (QED) is 0.640. The van der Waals surface area contributed by atoms with Crippen molar-refractivity contribution in [3.63, 3.8) is 0 Å². The van der Waals surface area contributed by atoms with Crippen molar-refractivity contribution in [1.82, 2.24) is 0 Å². The lowest BCUT2D eigenvalue weighted by atomic mass is 10.0. The lowest BCUT2D eigenvalue weighted by Gasteiger charge is -2.08. The van der Waals surface area contributed by atoms with E-state index in [4.69, 9.17) is 5.73 Å². The van der Waals surface area contributed by atoms with E-state index in [1.807, 2.05) is 0 Å². The topological polar surface area (TPSA) is 26.0 Å². The first kappa shape index (κ1) is 8.06. The Hall–Kier alpha value is -0.0400. The predicted octanol–water partition coefficient (Wildman–Crippen LogP) is 2.16.